The molecule has 1 aromatic carbocycles. The number of hydrogen-bond acceptors (Lipinski definition) is 3. The van der Waals surface area contributed by atoms with Gasteiger partial charge < -0.3 is 5.32 Å². The standard InChI is InChI=1S/C17H16FNO2S/c18-14-5-3-12(4-6-14)17(21)19-9-16(20)13-8-15(22-10-13)7-11-1-2-11/h3-6,8,10-11H,1-2,7,9H2,(H,19,21). The molecule has 114 valence electrons. The Hall–Kier alpha value is -2.01. The number of Topliss-reactive ketones (excluding diaryl/α,β-unsaturated/α-hetero) is 1. The second kappa shape index (κ2) is 6.40. The fraction of sp³-hybridized carbons (Fsp3) is 0.294. The lowest BCUT2D eigenvalue weighted by Crippen LogP contribution is -2.29. The van der Waals surface area contributed by atoms with Crippen molar-refractivity contribution in [2.45, 2.75) is 19.3 Å². The summed E-state index contributed by atoms with van der Waals surface area (Å²) in [5.41, 5.74) is 0.994. The number of ketones is 1. The highest BCUT2D eigenvalue weighted by Crippen LogP contribution is 2.34. The fourth-order valence-corrected chi connectivity index (χ4v) is 3.21. The van der Waals surface area contributed by atoms with Gasteiger partial charge in [-0.15, -0.1) is 11.3 Å². The van der Waals surface area contributed by atoms with Gasteiger partial charge in [0.1, 0.15) is 5.82 Å². The van der Waals surface area contributed by atoms with Crippen LogP contribution < -0.4 is 5.32 Å². The van der Waals surface area contributed by atoms with Gasteiger partial charge in [0, 0.05) is 21.4 Å². The first-order chi connectivity index (χ1) is 10.6. The van der Waals surface area contributed by atoms with E-state index in [0.29, 0.717) is 11.1 Å². The van der Waals surface area contributed by atoms with E-state index in [1.165, 1.54) is 42.0 Å². The molecular formula is C17H16FNO2S. The Morgan fingerprint density at radius 2 is 1.91 bits per heavy atom. The molecule has 2 aromatic rings. The predicted molar refractivity (Wildman–Crippen MR) is 83.8 cm³/mol. The lowest BCUT2D eigenvalue weighted by molar-refractivity contribution is 0.0904. The van der Waals surface area contributed by atoms with Crippen LogP contribution in [0.4, 0.5) is 4.39 Å². The molecule has 1 N–H and O–H groups in total. The highest BCUT2D eigenvalue weighted by Gasteiger charge is 2.22. The molecule has 22 heavy (non-hydrogen) atoms. The second-order valence-corrected chi connectivity index (χ2v) is 6.56. The number of amides is 1. The predicted octanol–water partition coefficient (Wildman–Crippen LogP) is 3.45. The Labute approximate surface area is 132 Å². The van der Waals surface area contributed by atoms with E-state index in [4.69, 9.17) is 0 Å². The smallest absolute Gasteiger partial charge is 0.251 e. The minimum Gasteiger partial charge on any atom is -0.345 e. The zero-order valence-corrected chi connectivity index (χ0v) is 12.8. The van der Waals surface area contributed by atoms with E-state index in [9.17, 15) is 14.0 Å². The molecule has 0 radical (unpaired) electrons. The third-order valence-corrected chi connectivity index (χ3v) is 4.64. The zero-order chi connectivity index (χ0) is 15.5. The topological polar surface area (TPSA) is 46.2 Å². The summed E-state index contributed by atoms with van der Waals surface area (Å²) in [6.45, 7) is -0.0458. The van der Waals surface area contributed by atoms with Crippen molar-refractivity contribution in [2.75, 3.05) is 6.54 Å². The number of halogens is 1. The maximum absolute atomic E-state index is 12.8. The largest absolute Gasteiger partial charge is 0.345 e. The first-order valence-corrected chi connectivity index (χ1v) is 8.14. The molecule has 0 spiro atoms. The van der Waals surface area contributed by atoms with Crippen molar-refractivity contribution in [2.24, 2.45) is 5.92 Å². The number of benzene rings is 1. The number of carbonyl (C=O) groups is 2. The third kappa shape index (κ3) is 3.80. The normalized spacial score (nSPS) is 13.9. The molecule has 1 aromatic heterocycles. The van der Waals surface area contributed by atoms with E-state index in [0.717, 1.165) is 12.3 Å². The van der Waals surface area contributed by atoms with Crippen LogP contribution in [0, 0.1) is 11.7 Å². The number of hydrogen-bond donors (Lipinski definition) is 1. The molecule has 3 rings (SSSR count). The van der Waals surface area contributed by atoms with E-state index in [1.54, 1.807) is 11.3 Å². The summed E-state index contributed by atoms with van der Waals surface area (Å²) in [4.78, 5) is 25.2. The maximum Gasteiger partial charge on any atom is 0.251 e. The average molecular weight is 317 g/mol. The first kappa shape index (κ1) is 14.9. The molecular weight excluding hydrogens is 301 g/mol. The Bertz CT molecular complexity index is 689. The van der Waals surface area contributed by atoms with Crippen molar-refractivity contribution in [3.05, 3.63) is 57.5 Å². The van der Waals surface area contributed by atoms with Gasteiger partial charge >= 0.3 is 0 Å². The van der Waals surface area contributed by atoms with Gasteiger partial charge in [-0.05, 0) is 55.5 Å². The van der Waals surface area contributed by atoms with E-state index in [2.05, 4.69) is 5.32 Å². The SMILES string of the molecule is O=C(CNC(=O)c1ccc(F)cc1)c1csc(CC2CC2)c1. The van der Waals surface area contributed by atoms with Crippen LogP contribution in [0.2, 0.25) is 0 Å². The van der Waals surface area contributed by atoms with E-state index in [-0.39, 0.29) is 18.2 Å². The van der Waals surface area contributed by atoms with E-state index in [1.807, 2.05) is 11.4 Å². The van der Waals surface area contributed by atoms with Crippen LogP contribution in [0.25, 0.3) is 0 Å². The summed E-state index contributed by atoms with van der Waals surface area (Å²) in [6.07, 6.45) is 3.63. The molecule has 3 nitrogen and oxygen atoms in total. The van der Waals surface area contributed by atoms with Crippen molar-refractivity contribution in [3.8, 4) is 0 Å². The van der Waals surface area contributed by atoms with Crippen LogP contribution in [0.5, 0.6) is 0 Å². The van der Waals surface area contributed by atoms with Gasteiger partial charge in [-0.1, -0.05) is 0 Å². The van der Waals surface area contributed by atoms with Crippen LogP contribution >= 0.6 is 11.3 Å². The third-order valence-electron chi connectivity index (χ3n) is 3.68. The van der Waals surface area contributed by atoms with Crippen LogP contribution in [-0.2, 0) is 6.42 Å². The van der Waals surface area contributed by atoms with E-state index < -0.39 is 5.82 Å². The average Bonchev–Trinajstić information content (AvgIpc) is 3.20. The monoisotopic (exact) mass is 317 g/mol. The van der Waals surface area contributed by atoms with Gasteiger partial charge in [-0.3, -0.25) is 9.59 Å². The minimum absolute atomic E-state index is 0.0458. The molecule has 1 amide bonds. The quantitative estimate of drug-likeness (QED) is 0.830. The molecule has 0 saturated heterocycles. The van der Waals surface area contributed by atoms with Crippen LogP contribution in [0.15, 0.2) is 35.7 Å². The summed E-state index contributed by atoms with van der Waals surface area (Å²) < 4.78 is 12.8. The van der Waals surface area contributed by atoms with Gasteiger partial charge in [0.15, 0.2) is 5.78 Å². The van der Waals surface area contributed by atoms with Crippen LogP contribution in [0.1, 0.15) is 38.4 Å². The van der Waals surface area contributed by atoms with Crippen molar-refractivity contribution in [3.63, 3.8) is 0 Å². The van der Waals surface area contributed by atoms with Gasteiger partial charge in [-0.25, -0.2) is 4.39 Å². The van der Waals surface area contributed by atoms with Crippen molar-refractivity contribution < 1.29 is 14.0 Å². The molecule has 5 heteroatoms. The molecule has 0 bridgehead atoms. The first-order valence-electron chi connectivity index (χ1n) is 7.26. The molecule has 1 saturated carbocycles. The number of rotatable bonds is 6. The Morgan fingerprint density at radius 3 is 2.59 bits per heavy atom. The molecule has 1 aliphatic carbocycles. The summed E-state index contributed by atoms with van der Waals surface area (Å²) in [7, 11) is 0. The van der Waals surface area contributed by atoms with Crippen LogP contribution in [0.3, 0.4) is 0 Å². The van der Waals surface area contributed by atoms with Gasteiger partial charge in [-0.2, -0.15) is 0 Å². The Morgan fingerprint density at radius 1 is 1.18 bits per heavy atom. The lowest BCUT2D eigenvalue weighted by Gasteiger charge is -2.03. The molecule has 0 aliphatic heterocycles. The summed E-state index contributed by atoms with van der Waals surface area (Å²) in [6, 6.07) is 7.16. The van der Waals surface area contributed by atoms with Crippen molar-refractivity contribution >= 4 is 23.0 Å². The highest BCUT2D eigenvalue weighted by atomic mass is 32.1. The molecule has 1 fully saturated rings. The van der Waals surface area contributed by atoms with Gasteiger partial charge in [0.2, 0.25) is 0 Å². The summed E-state index contributed by atoms with van der Waals surface area (Å²) in [5, 5.41) is 4.42. The maximum atomic E-state index is 12.8. The number of thiophene rings is 1. The fourth-order valence-electron chi connectivity index (χ4n) is 2.21. The van der Waals surface area contributed by atoms with Gasteiger partial charge in [0.25, 0.3) is 5.91 Å². The van der Waals surface area contributed by atoms with Crippen molar-refractivity contribution in [1.82, 2.24) is 5.32 Å². The minimum atomic E-state index is -0.394. The molecule has 1 heterocycles. The Kier molecular flexibility index (Phi) is 4.34. The Balaban J connectivity index is 1.53. The zero-order valence-electron chi connectivity index (χ0n) is 12.0. The van der Waals surface area contributed by atoms with Gasteiger partial charge in [0.05, 0.1) is 6.54 Å². The number of carbonyl (C=O) groups excluding carboxylic acids is 2. The summed E-state index contributed by atoms with van der Waals surface area (Å²) in [5.74, 6) is -0.0792. The van der Waals surface area contributed by atoms with Crippen molar-refractivity contribution in [1.29, 1.82) is 0 Å². The lowest BCUT2D eigenvalue weighted by atomic mass is 10.1. The molecule has 0 unspecified atom stereocenters. The molecule has 0 atom stereocenters. The van der Waals surface area contributed by atoms with E-state index >= 15 is 0 Å². The van der Waals surface area contributed by atoms with Crippen LogP contribution in [-0.4, -0.2) is 18.2 Å². The second-order valence-electron chi connectivity index (χ2n) is 5.56. The highest BCUT2D eigenvalue weighted by molar-refractivity contribution is 7.10. The number of nitrogens with one attached hydrogen (secondary N) is 1. The molecule has 1 aliphatic rings. The summed E-state index contributed by atoms with van der Waals surface area (Å²) >= 11 is 1.60.